The molecule has 0 bridgehead atoms. The van der Waals surface area contributed by atoms with Crippen LogP contribution in [0.25, 0.3) is 0 Å². The Hall–Kier alpha value is -3.03. The number of aromatic nitrogens is 2. The third-order valence-electron chi connectivity index (χ3n) is 4.00. The molecule has 0 aliphatic carbocycles. The highest BCUT2D eigenvalue weighted by molar-refractivity contribution is 5.92. The highest BCUT2D eigenvalue weighted by Gasteiger charge is 2.16. The van der Waals surface area contributed by atoms with Crippen molar-refractivity contribution in [3.8, 4) is 17.2 Å². The summed E-state index contributed by atoms with van der Waals surface area (Å²) in [6, 6.07) is 5.20. The summed E-state index contributed by atoms with van der Waals surface area (Å²) in [4.78, 5) is 21.0. The molecule has 1 aromatic carbocycles. The van der Waals surface area contributed by atoms with E-state index in [1.807, 2.05) is 20.8 Å². The average molecular weight is 374 g/mol. The molecule has 2 rings (SSSR count). The summed E-state index contributed by atoms with van der Waals surface area (Å²) in [6.45, 7) is 5.76. The van der Waals surface area contributed by atoms with Gasteiger partial charge in [-0.25, -0.2) is 9.97 Å². The lowest BCUT2D eigenvalue weighted by Gasteiger charge is -2.15. The fourth-order valence-electron chi connectivity index (χ4n) is 2.42. The maximum Gasteiger partial charge on any atom is 0.270 e. The van der Waals surface area contributed by atoms with E-state index in [1.54, 1.807) is 39.5 Å². The van der Waals surface area contributed by atoms with Crippen LogP contribution in [-0.2, 0) is 0 Å². The van der Waals surface area contributed by atoms with E-state index in [9.17, 15) is 4.79 Å². The van der Waals surface area contributed by atoms with Crippen molar-refractivity contribution in [3.63, 3.8) is 0 Å². The van der Waals surface area contributed by atoms with Crippen LogP contribution in [0.3, 0.4) is 0 Å². The number of benzene rings is 1. The van der Waals surface area contributed by atoms with Crippen molar-refractivity contribution >= 4 is 17.5 Å². The number of nitrogens with one attached hydrogen (secondary N) is 2. The molecule has 1 atom stereocenters. The van der Waals surface area contributed by atoms with Crippen LogP contribution in [0.2, 0.25) is 0 Å². The van der Waals surface area contributed by atoms with Crippen molar-refractivity contribution in [2.75, 3.05) is 26.6 Å². The molecule has 0 aliphatic rings. The van der Waals surface area contributed by atoms with E-state index in [-0.39, 0.29) is 11.9 Å². The van der Waals surface area contributed by atoms with Crippen LogP contribution < -0.4 is 24.8 Å². The van der Waals surface area contributed by atoms with E-state index >= 15 is 0 Å². The van der Waals surface area contributed by atoms with Gasteiger partial charge in [0, 0.05) is 29.6 Å². The van der Waals surface area contributed by atoms with E-state index in [1.165, 1.54) is 0 Å². The van der Waals surface area contributed by atoms with Crippen LogP contribution in [-0.4, -0.2) is 43.2 Å². The largest absolute Gasteiger partial charge is 0.493 e. The van der Waals surface area contributed by atoms with Crippen molar-refractivity contribution in [2.45, 2.75) is 33.2 Å². The molecule has 1 aromatic heterocycles. The van der Waals surface area contributed by atoms with E-state index in [2.05, 4.69) is 20.6 Å². The molecule has 0 fully saturated rings. The lowest BCUT2D eigenvalue weighted by atomic mass is 10.2. The number of amides is 1. The zero-order valence-corrected chi connectivity index (χ0v) is 16.5. The van der Waals surface area contributed by atoms with Gasteiger partial charge in [0.15, 0.2) is 11.5 Å². The zero-order chi connectivity index (χ0) is 20.0. The Kier molecular flexibility index (Phi) is 6.81. The summed E-state index contributed by atoms with van der Waals surface area (Å²) in [7, 11) is 4.63. The molecule has 1 heterocycles. The van der Waals surface area contributed by atoms with Gasteiger partial charge in [0.2, 0.25) is 11.7 Å². The lowest BCUT2D eigenvalue weighted by molar-refractivity contribution is 0.0934. The van der Waals surface area contributed by atoms with Crippen molar-refractivity contribution < 1.29 is 19.0 Å². The minimum Gasteiger partial charge on any atom is -0.493 e. The standard InChI is InChI=1S/C19H26N4O4/c1-7-11(2)20-18(24)14-8-12(3)21-19(23-14)22-13-9-15(25-4)17(27-6)16(10-13)26-5/h8-11H,7H2,1-6H3,(H,20,24)(H,21,22,23). The summed E-state index contributed by atoms with van der Waals surface area (Å²) in [5.74, 6) is 1.56. The molecule has 8 heteroatoms. The minimum absolute atomic E-state index is 0.0688. The summed E-state index contributed by atoms with van der Waals surface area (Å²) in [5.41, 5.74) is 1.62. The number of carbonyl (C=O) groups is 1. The van der Waals surface area contributed by atoms with E-state index in [0.29, 0.717) is 40.3 Å². The number of aryl methyl sites for hydroxylation is 1. The molecular formula is C19H26N4O4. The highest BCUT2D eigenvalue weighted by atomic mass is 16.5. The summed E-state index contributed by atoms with van der Waals surface area (Å²) in [5, 5.41) is 5.99. The molecule has 0 aliphatic heterocycles. The summed E-state index contributed by atoms with van der Waals surface area (Å²) in [6.07, 6.45) is 0.840. The van der Waals surface area contributed by atoms with Gasteiger partial charge in [0.1, 0.15) is 5.69 Å². The third kappa shape index (κ3) is 4.99. The van der Waals surface area contributed by atoms with Gasteiger partial charge >= 0.3 is 0 Å². The van der Waals surface area contributed by atoms with Crippen molar-refractivity contribution in [2.24, 2.45) is 0 Å². The van der Waals surface area contributed by atoms with Crippen LogP contribution in [0.5, 0.6) is 17.2 Å². The second kappa shape index (κ2) is 9.07. The Morgan fingerprint density at radius 1 is 1.07 bits per heavy atom. The molecule has 8 nitrogen and oxygen atoms in total. The van der Waals surface area contributed by atoms with Gasteiger partial charge < -0.3 is 24.8 Å². The normalized spacial score (nSPS) is 11.5. The lowest BCUT2D eigenvalue weighted by Crippen LogP contribution is -2.32. The maximum atomic E-state index is 12.4. The van der Waals surface area contributed by atoms with Gasteiger partial charge in [0.25, 0.3) is 5.91 Å². The highest BCUT2D eigenvalue weighted by Crippen LogP contribution is 2.40. The third-order valence-corrected chi connectivity index (χ3v) is 4.00. The van der Waals surface area contributed by atoms with Crippen LogP contribution >= 0.6 is 0 Å². The van der Waals surface area contributed by atoms with Gasteiger partial charge in [0.05, 0.1) is 21.3 Å². The van der Waals surface area contributed by atoms with Crippen LogP contribution in [0.15, 0.2) is 18.2 Å². The van der Waals surface area contributed by atoms with Crippen molar-refractivity contribution in [1.29, 1.82) is 0 Å². The quantitative estimate of drug-likeness (QED) is 0.733. The molecular weight excluding hydrogens is 348 g/mol. The van der Waals surface area contributed by atoms with Crippen LogP contribution in [0, 0.1) is 6.92 Å². The topological polar surface area (TPSA) is 94.6 Å². The first kappa shape index (κ1) is 20.3. The molecule has 2 N–H and O–H groups in total. The number of methoxy groups -OCH3 is 3. The van der Waals surface area contributed by atoms with Crippen LogP contribution in [0.1, 0.15) is 36.5 Å². The van der Waals surface area contributed by atoms with Crippen molar-refractivity contribution in [1.82, 2.24) is 15.3 Å². The Labute approximate surface area is 159 Å². The van der Waals surface area contributed by atoms with Gasteiger partial charge in [-0.05, 0) is 26.3 Å². The number of anilines is 2. The molecule has 146 valence electrons. The molecule has 0 radical (unpaired) electrons. The first-order chi connectivity index (χ1) is 12.9. The first-order valence-corrected chi connectivity index (χ1v) is 8.65. The molecule has 2 aromatic rings. The Balaban J connectivity index is 2.33. The number of nitrogens with zero attached hydrogens (tertiary/aromatic N) is 2. The average Bonchev–Trinajstić information content (AvgIpc) is 2.66. The second-order valence-electron chi connectivity index (χ2n) is 6.04. The molecule has 1 amide bonds. The number of carbonyl (C=O) groups excluding carboxylic acids is 1. The molecule has 0 saturated carbocycles. The number of rotatable bonds is 8. The number of hydrogen-bond donors (Lipinski definition) is 2. The monoisotopic (exact) mass is 374 g/mol. The predicted molar refractivity (Wildman–Crippen MR) is 103 cm³/mol. The van der Waals surface area contributed by atoms with Gasteiger partial charge in [-0.3, -0.25) is 4.79 Å². The van der Waals surface area contributed by atoms with Crippen molar-refractivity contribution in [3.05, 3.63) is 29.6 Å². The second-order valence-corrected chi connectivity index (χ2v) is 6.04. The summed E-state index contributed by atoms with van der Waals surface area (Å²) < 4.78 is 16.0. The van der Waals surface area contributed by atoms with Crippen LogP contribution in [0.4, 0.5) is 11.6 Å². The zero-order valence-electron chi connectivity index (χ0n) is 16.5. The SMILES string of the molecule is CCC(C)NC(=O)c1cc(C)nc(Nc2cc(OC)c(OC)c(OC)c2)n1. The predicted octanol–water partition coefficient (Wildman–Crippen LogP) is 3.08. The Morgan fingerprint density at radius 3 is 2.22 bits per heavy atom. The molecule has 0 spiro atoms. The molecule has 27 heavy (non-hydrogen) atoms. The number of hydrogen-bond acceptors (Lipinski definition) is 7. The first-order valence-electron chi connectivity index (χ1n) is 8.65. The van der Waals surface area contributed by atoms with Gasteiger partial charge in [-0.2, -0.15) is 0 Å². The Morgan fingerprint density at radius 2 is 1.70 bits per heavy atom. The molecule has 1 unspecified atom stereocenters. The smallest absolute Gasteiger partial charge is 0.270 e. The van der Waals surface area contributed by atoms with E-state index in [4.69, 9.17) is 14.2 Å². The minimum atomic E-state index is -0.234. The summed E-state index contributed by atoms with van der Waals surface area (Å²) >= 11 is 0. The van der Waals surface area contributed by atoms with Gasteiger partial charge in [-0.1, -0.05) is 6.92 Å². The Bertz CT molecular complexity index is 785. The fourth-order valence-corrected chi connectivity index (χ4v) is 2.42. The molecule has 0 saturated heterocycles. The van der Waals surface area contributed by atoms with Gasteiger partial charge in [-0.15, -0.1) is 0 Å². The fraction of sp³-hybridized carbons (Fsp3) is 0.421. The number of ether oxygens (including phenoxy) is 3. The maximum absolute atomic E-state index is 12.4. The van der Waals surface area contributed by atoms with E-state index in [0.717, 1.165) is 6.42 Å². The van der Waals surface area contributed by atoms with E-state index < -0.39 is 0 Å².